The molecule has 0 saturated heterocycles. The van der Waals surface area contributed by atoms with Crippen LogP contribution in [0.3, 0.4) is 0 Å². The van der Waals surface area contributed by atoms with Crippen molar-refractivity contribution in [2.45, 2.75) is 43.1 Å². The number of nitrogens with one attached hydrogen (secondary N) is 1. The van der Waals surface area contributed by atoms with Crippen molar-refractivity contribution in [1.82, 2.24) is 19.5 Å². The molecule has 0 radical (unpaired) electrons. The largest absolute Gasteiger partial charge is 0.385 e. The molecular formula is C22H21ClN4O3S2. The zero-order chi connectivity index (χ0) is 22.2. The summed E-state index contributed by atoms with van der Waals surface area (Å²) in [6.07, 6.45) is 3.78. The number of thiophene rings is 1. The summed E-state index contributed by atoms with van der Waals surface area (Å²) in [5.74, 6) is 0.895. The monoisotopic (exact) mass is 488 g/mol. The molecule has 0 amide bonds. The predicted octanol–water partition coefficient (Wildman–Crippen LogP) is 4.17. The Balaban J connectivity index is 1.52. The SMILES string of the molecule is COCCCn1c(SCc2nc3cc(Cl)ccc3c(=O)[nH]2)nc2sc3c(c2c1=O)CCC3. The Kier molecular flexibility index (Phi) is 6.07. The van der Waals surface area contributed by atoms with Crippen molar-refractivity contribution in [3.05, 3.63) is 60.2 Å². The lowest BCUT2D eigenvalue weighted by atomic mass is 10.2. The minimum atomic E-state index is -0.210. The summed E-state index contributed by atoms with van der Waals surface area (Å²) < 4.78 is 6.93. The lowest BCUT2D eigenvalue weighted by Gasteiger charge is -2.12. The zero-order valence-corrected chi connectivity index (χ0v) is 19.8. The van der Waals surface area contributed by atoms with Crippen LogP contribution in [0.5, 0.6) is 0 Å². The second kappa shape index (κ2) is 8.97. The number of hydrogen-bond donors (Lipinski definition) is 1. The first-order chi connectivity index (χ1) is 15.5. The van der Waals surface area contributed by atoms with Crippen LogP contribution in [0, 0.1) is 0 Å². The van der Waals surface area contributed by atoms with E-state index in [1.807, 2.05) is 0 Å². The quantitative estimate of drug-likeness (QED) is 0.238. The van der Waals surface area contributed by atoms with Crippen molar-refractivity contribution in [3.8, 4) is 0 Å². The van der Waals surface area contributed by atoms with Crippen molar-refractivity contribution in [1.29, 1.82) is 0 Å². The third-order valence-corrected chi connectivity index (χ3v) is 7.98. The average molecular weight is 489 g/mol. The van der Waals surface area contributed by atoms with Gasteiger partial charge in [-0.1, -0.05) is 23.4 Å². The molecule has 7 nitrogen and oxygen atoms in total. The summed E-state index contributed by atoms with van der Waals surface area (Å²) in [5.41, 5.74) is 1.53. The zero-order valence-electron chi connectivity index (χ0n) is 17.4. The molecule has 0 saturated carbocycles. The average Bonchev–Trinajstić information content (AvgIpc) is 3.34. The number of aromatic amines is 1. The van der Waals surface area contributed by atoms with E-state index in [1.54, 1.807) is 41.2 Å². The number of H-pyrrole nitrogens is 1. The molecule has 10 heteroatoms. The van der Waals surface area contributed by atoms with Crippen molar-refractivity contribution >= 4 is 55.8 Å². The first kappa shape index (κ1) is 21.6. The standard InChI is InChI=1S/C22H21ClN4O3S2/c1-30-9-3-8-27-21(29)18-14-4-2-5-16(14)32-20(18)26-22(27)31-11-17-24-15-10-12(23)6-7-13(15)19(28)25-17/h6-7,10H,2-5,8-9,11H2,1H3,(H,24,25,28). The molecule has 0 fully saturated rings. The number of fused-ring (bicyclic) bond motifs is 4. The first-order valence-corrected chi connectivity index (χ1v) is 12.6. The number of methoxy groups -OCH3 is 1. The van der Waals surface area contributed by atoms with Crippen LogP contribution < -0.4 is 11.1 Å². The molecular weight excluding hydrogens is 468 g/mol. The Hall–Kier alpha value is -2.20. The van der Waals surface area contributed by atoms with E-state index in [1.165, 1.54) is 22.2 Å². The molecule has 166 valence electrons. The van der Waals surface area contributed by atoms with E-state index in [2.05, 4.69) is 9.97 Å². The molecule has 1 aliphatic carbocycles. The van der Waals surface area contributed by atoms with E-state index in [9.17, 15) is 9.59 Å². The molecule has 3 aromatic heterocycles. The van der Waals surface area contributed by atoms with Crippen LogP contribution in [-0.4, -0.2) is 33.2 Å². The van der Waals surface area contributed by atoms with E-state index in [0.29, 0.717) is 52.2 Å². The summed E-state index contributed by atoms with van der Waals surface area (Å²) in [6.45, 7) is 1.09. The van der Waals surface area contributed by atoms with Crippen molar-refractivity contribution in [2.24, 2.45) is 0 Å². The normalized spacial score (nSPS) is 13.3. The summed E-state index contributed by atoms with van der Waals surface area (Å²) in [6, 6.07) is 5.02. The Bertz CT molecular complexity index is 1440. The van der Waals surface area contributed by atoms with Crippen LogP contribution in [0.4, 0.5) is 0 Å². The van der Waals surface area contributed by atoms with Crippen molar-refractivity contribution < 1.29 is 4.74 Å². The highest BCUT2D eigenvalue weighted by atomic mass is 35.5. The highest BCUT2D eigenvalue weighted by molar-refractivity contribution is 7.98. The second-order valence-corrected chi connectivity index (χ2v) is 10.2. The minimum Gasteiger partial charge on any atom is -0.385 e. The van der Waals surface area contributed by atoms with Crippen LogP contribution in [0.15, 0.2) is 32.9 Å². The lowest BCUT2D eigenvalue weighted by Crippen LogP contribution is -2.24. The summed E-state index contributed by atoms with van der Waals surface area (Å²) in [7, 11) is 1.65. The molecule has 1 aromatic carbocycles. The maximum absolute atomic E-state index is 13.4. The Labute approximate surface area is 196 Å². The van der Waals surface area contributed by atoms with Crippen LogP contribution >= 0.6 is 34.7 Å². The van der Waals surface area contributed by atoms with Gasteiger partial charge in [0.15, 0.2) is 5.16 Å². The van der Waals surface area contributed by atoms with E-state index < -0.39 is 0 Å². The summed E-state index contributed by atoms with van der Waals surface area (Å²) in [4.78, 5) is 40.2. The van der Waals surface area contributed by atoms with Crippen molar-refractivity contribution in [3.63, 3.8) is 0 Å². The maximum Gasteiger partial charge on any atom is 0.263 e. The van der Waals surface area contributed by atoms with Gasteiger partial charge < -0.3 is 9.72 Å². The Morgan fingerprint density at radius 1 is 1.28 bits per heavy atom. The fraction of sp³-hybridized carbons (Fsp3) is 0.364. The Morgan fingerprint density at radius 2 is 2.16 bits per heavy atom. The molecule has 1 N–H and O–H groups in total. The topological polar surface area (TPSA) is 89.9 Å². The number of ether oxygens (including phenoxy) is 1. The molecule has 4 aromatic rings. The van der Waals surface area contributed by atoms with Crippen LogP contribution in [0.25, 0.3) is 21.1 Å². The van der Waals surface area contributed by atoms with Crippen molar-refractivity contribution in [2.75, 3.05) is 13.7 Å². The van der Waals surface area contributed by atoms with Gasteiger partial charge in [-0.25, -0.2) is 9.97 Å². The molecule has 1 aliphatic rings. The number of aryl methyl sites for hydroxylation is 2. The fourth-order valence-electron chi connectivity index (χ4n) is 4.09. The van der Waals surface area contributed by atoms with Gasteiger partial charge in [-0.3, -0.25) is 14.2 Å². The predicted molar refractivity (Wildman–Crippen MR) is 129 cm³/mol. The van der Waals surface area contributed by atoms with Gasteiger partial charge >= 0.3 is 0 Å². The fourth-order valence-corrected chi connectivity index (χ4v) is 6.46. The van der Waals surface area contributed by atoms with Gasteiger partial charge in [0.05, 0.1) is 22.0 Å². The third kappa shape index (κ3) is 3.98. The third-order valence-electron chi connectivity index (χ3n) is 5.58. The van der Waals surface area contributed by atoms with E-state index in [4.69, 9.17) is 21.3 Å². The number of benzene rings is 1. The maximum atomic E-state index is 13.4. The van der Waals surface area contributed by atoms with E-state index in [-0.39, 0.29) is 11.1 Å². The molecule has 0 unspecified atom stereocenters. The number of halogens is 1. The lowest BCUT2D eigenvalue weighted by molar-refractivity contribution is 0.189. The minimum absolute atomic E-state index is 0.0137. The van der Waals surface area contributed by atoms with Gasteiger partial charge in [-0.05, 0) is 49.4 Å². The van der Waals surface area contributed by atoms with Crippen LogP contribution in [0.1, 0.15) is 29.1 Å². The molecule has 0 atom stereocenters. The first-order valence-electron chi connectivity index (χ1n) is 10.4. The molecule has 5 rings (SSSR count). The second-order valence-electron chi connectivity index (χ2n) is 7.70. The molecule has 3 heterocycles. The number of hydrogen-bond acceptors (Lipinski definition) is 7. The van der Waals surface area contributed by atoms with Gasteiger partial charge in [0.2, 0.25) is 0 Å². The van der Waals surface area contributed by atoms with Crippen LogP contribution in [0.2, 0.25) is 5.02 Å². The number of rotatable bonds is 7. The molecule has 32 heavy (non-hydrogen) atoms. The van der Waals surface area contributed by atoms with Gasteiger partial charge in [0, 0.05) is 30.2 Å². The van der Waals surface area contributed by atoms with Gasteiger partial charge in [0.1, 0.15) is 10.7 Å². The van der Waals surface area contributed by atoms with Crippen LogP contribution in [-0.2, 0) is 29.9 Å². The van der Waals surface area contributed by atoms with Gasteiger partial charge in [-0.15, -0.1) is 11.3 Å². The Morgan fingerprint density at radius 3 is 3.00 bits per heavy atom. The van der Waals surface area contributed by atoms with E-state index >= 15 is 0 Å². The number of thioether (sulfide) groups is 1. The smallest absolute Gasteiger partial charge is 0.263 e. The summed E-state index contributed by atoms with van der Waals surface area (Å²) >= 11 is 9.10. The van der Waals surface area contributed by atoms with E-state index in [0.717, 1.165) is 29.5 Å². The summed E-state index contributed by atoms with van der Waals surface area (Å²) in [5, 5.41) is 2.43. The van der Waals surface area contributed by atoms with Gasteiger partial charge in [0.25, 0.3) is 11.1 Å². The molecule has 0 bridgehead atoms. The highest BCUT2D eigenvalue weighted by Gasteiger charge is 2.23. The highest BCUT2D eigenvalue weighted by Crippen LogP contribution is 2.35. The van der Waals surface area contributed by atoms with Gasteiger partial charge in [-0.2, -0.15) is 0 Å². The molecule has 0 spiro atoms. The molecule has 0 aliphatic heterocycles. The number of nitrogens with zero attached hydrogens (tertiary/aromatic N) is 3. The number of aromatic nitrogens is 4.